The molecule has 0 spiro atoms. The minimum Gasteiger partial charge on any atom is -0.496 e. The monoisotopic (exact) mass is 258 g/mol. The van der Waals surface area contributed by atoms with Gasteiger partial charge in [-0.2, -0.15) is 0 Å². The van der Waals surface area contributed by atoms with Crippen molar-refractivity contribution in [3.63, 3.8) is 0 Å². The van der Waals surface area contributed by atoms with Crippen LogP contribution in [-0.2, 0) is 0 Å². The molecule has 0 heterocycles. The van der Waals surface area contributed by atoms with Crippen molar-refractivity contribution in [1.29, 1.82) is 0 Å². The lowest BCUT2D eigenvalue weighted by atomic mass is 10.0. The van der Waals surface area contributed by atoms with Gasteiger partial charge in [-0.25, -0.2) is 4.79 Å². The average molecular weight is 259 g/mol. The molecule has 0 fully saturated rings. The molecule has 0 saturated heterocycles. The topological polar surface area (TPSA) is 46.5 Å². The van der Waals surface area contributed by atoms with Crippen molar-refractivity contribution in [3.05, 3.63) is 27.2 Å². The molecular weight excluding hydrogens is 248 g/mol. The fourth-order valence-corrected chi connectivity index (χ4v) is 1.91. The van der Waals surface area contributed by atoms with Crippen LogP contribution < -0.4 is 4.74 Å². The second-order valence-corrected chi connectivity index (χ2v) is 3.87. The van der Waals surface area contributed by atoms with Gasteiger partial charge < -0.3 is 9.84 Å². The zero-order valence-electron chi connectivity index (χ0n) is 8.22. The maximum atomic E-state index is 11.0. The Balaban J connectivity index is 3.56. The Bertz CT molecular complexity index is 385. The summed E-state index contributed by atoms with van der Waals surface area (Å²) in [5.41, 5.74) is 1.71. The number of carboxylic acids is 1. The smallest absolute Gasteiger partial charge is 0.339 e. The number of halogens is 1. The Morgan fingerprint density at radius 3 is 2.50 bits per heavy atom. The minimum absolute atomic E-state index is 0.222. The number of hydrogen-bond donors (Lipinski definition) is 1. The largest absolute Gasteiger partial charge is 0.496 e. The van der Waals surface area contributed by atoms with E-state index >= 15 is 0 Å². The summed E-state index contributed by atoms with van der Waals surface area (Å²) in [6.07, 6.45) is 0. The highest BCUT2D eigenvalue weighted by Crippen LogP contribution is 2.31. The standard InChI is InChI=1S/C10H11BrO3/c1-5-4-7(11)6(2)8(10(12)13)9(5)14-3/h4H,1-3H3,(H,12,13). The van der Waals surface area contributed by atoms with Crippen LogP contribution in [0.1, 0.15) is 21.5 Å². The van der Waals surface area contributed by atoms with Crippen LogP contribution in [0, 0.1) is 13.8 Å². The molecule has 3 nitrogen and oxygen atoms in total. The summed E-state index contributed by atoms with van der Waals surface area (Å²) in [7, 11) is 1.47. The van der Waals surface area contributed by atoms with Gasteiger partial charge in [0, 0.05) is 4.47 Å². The van der Waals surface area contributed by atoms with Gasteiger partial charge in [-0.05, 0) is 31.0 Å². The van der Waals surface area contributed by atoms with Crippen molar-refractivity contribution in [2.75, 3.05) is 7.11 Å². The first-order chi connectivity index (χ1) is 6.49. The Morgan fingerprint density at radius 1 is 1.50 bits per heavy atom. The lowest BCUT2D eigenvalue weighted by molar-refractivity contribution is 0.0692. The van der Waals surface area contributed by atoms with Crippen LogP contribution >= 0.6 is 15.9 Å². The summed E-state index contributed by atoms with van der Waals surface area (Å²) in [6.45, 7) is 3.56. The van der Waals surface area contributed by atoms with Crippen LogP contribution in [0.25, 0.3) is 0 Å². The minimum atomic E-state index is -0.969. The van der Waals surface area contributed by atoms with Crippen molar-refractivity contribution in [2.24, 2.45) is 0 Å². The van der Waals surface area contributed by atoms with Gasteiger partial charge in [0.1, 0.15) is 11.3 Å². The summed E-state index contributed by atoms with van der Waals surface area (Å²) in [5, 5.41) is 9.03. The van der Waals surface area contributed by atoms with Gasteiger partial charge in [-0.15, -0.1) is 0 Å². The zero-order valence-corrected chi connectivity index (χ0v) is 9.81. The molecule has 14 heavy (non-hydrogen) atoms. The number of aromatic carboxylic acids is 1. The number of ether oxygens (including phenoxy) is 1. The fourth-order valence-electron chi connectivity index (χ4n) is 1.37. The molecule has 4 heteroatoms. The molecule has 0 bridgehead atoms. The van der Waals surface area contributed by atoms with E-state index in [9.17, 15) is 4.79 Å². The summed E-state index contributed by atoms with van der Waals surface area (Å²) in [6, 6.07) is 1.85. The first kappa shape index (κ1) is 11.0. The molecule has 0 aliphatic rings. The second kappa shape index (κ2) is 4.00. The third-order valence-corrected chi connectivity index (χ3v) is 2.90. The average Bonchev–Trinajstić information content (AvgIpc) is 2.10. The van der Waals surface area contributed by atoms with E-state index in [2.05, 4.69) is 15.9 Å². The van der Waals surface area contributed by atoms with E-state index in [1.807, 2.05) is 13.0 Å². The fraction of sp³-hybridized carbons (Fsp3) is 0.300. The number of rotatable bonds is 2. The maximum absolute atomic E-state index is 11.0. The highest BCUT2D eigenvalue weighted by Gasteiger charge is 2.18. The molecule has 1 aromatic carbocycles. The Hall–Kier alpha value is -1.03. The first-order valence-electron chi connectivity index (χ1n) is 4.06. The molecule has 0 saturated carbocycles. The third-order valence-electron chi connectivity index (χ3n) is 2.08. The molecule has 1 N–H and O–H groups in total. The Labute approximate surface area is 90.8 Å². The van der Waals surface area contributed by atoms with E-state index in [1.165, 1.54) is 7.11 Å². The first-order valence-corrected chi connectivity index (χ1v) is 4.85. The van der Waals surface area contributed by atoms with Crippen LogP contribution in [0.5, 0.6) is 5.75 Å². The number of carbonyl (C=O) groups is 1. The molecule has 0 amide bonds. The van der Waals surface area contributed by atoms with Crippen LogP contribution in [0.2, 0.25) is 0 Å². The van der Waals surface area contributed by atoms with Crippen molar-refractivity contribution in [2.45, 2.75) is 13.8 Å². The molecule has 0 aliphatic heterocycles. The van der Waals surface area contributed by atoms with Crippen LogP contribution in [0.3, 0.4) is 0 Å². The summed E-state index contributed by atoms with van der Waals surface area (Å²) in [4.78, 5) is 11.0. The van der Waals surface area contributed by atoms with Crippen molar-refractivity contribution in [1.82, 2.24) is 0 Å². The number of hydrogen-bond acceptors (Lipinski definition) is 2. The lowest BCUT2D eigenvalue weighted by Crippen LogP contribution is -2.05. The molecular formula is C10H11BrO3. The van der Waals surface area contributed by atoms with Gasteiger partial charge in [0.2, 0.25) is 0 Å². The molecule has 0 radical (unpaired) electrons. The lowest BCUT2D eigenvalue weighted by Gasteiger charge is -2.12. The molecule has 1 aromatic rings. The summed E-state index contributed by atoms with van der Waals surface area (Å²) in [5.74, 6) is -0.540. The van der Waals surface area contributed by atoms with Gasteiger partial charge in [-0.3, -0.25) is 0 Å². The van der Waals surface area contributed by atoms with Gasteiger partial charge in [0.15, 0.2) is 0 Å². The van der Waals surface area contributed by atoms with Crippen molar-refractivity contribution >= 4 is 21.9 Å². The summed E-state index contributed by atoms with van der Waals surface area (Å²) >= 11 is 3.31. The third kappa shape index (κ3) is 1.75. The number of benzene rings is 1. The number of aryl methyl sites for hydroxylation is 1. The quantitative estimate of drug-likeness (QED) is 0.888. The Morgan fingerprint density at radius 2 is 2.07 bits per heavy atom. The predicted molar refractivity (Wildman–Crippen MR) is 57.1 cm³/mol. The van der Waals surface area contributed by atoms with Gasteiger partial charge >= 0.3 is 5.97 Å². The van der Waals surface area contributed by atoms with E-state index in [1.54, 1.807) is 6.92 Å². The predicted octanol–water partition coefficient (Wildman–Crippen LogP) is 2.77. The second-order valence-electron chi connectivity index (χ2n) is 3.01. The maximum Gasteiger partial charge on any atom is 0.339 e. The van der Waals surface area contributed by atoms with Crippen molar-refractivity contribution < 1.29 is 14.6 Å². The SMILES string of the molecule is COc1c(C)cc(Br)c(C)c1C(=O)O. The normalized spacial score (nSPS) is 10.0. The van der Waals surface area contributed by atoms with Gasteiger partial charge in [0.25, 0.3) is 0 Å². The van der Waals surface area contributed by atoms with Gasteiger partial charge in [0.05, 0.1) is 7.11 Å². The van der Waals surface area contributed by atoms with Crippen LogP contribution in [0.15, 0.2) is 10.5 Å². The molecule has 76 valence electrons. The molecule has 1 rings (SSSR count). The van der Waals surface area contributed by atoms with E-state index in [0.717, 1.165) is 10.0 Å². The Kier molecular flexibility index (Phi) is 3.16. The molecule has 0 unspecified atom stereocenters. The van der Waals surface area contributed by atoms with Crippen molar-refractivity contribution in [3.8, 4) is 5.75 Å². The highest BCUT2D eigenvalue weighted by molar-refractivity contribution is 9.10. The molecule has 0 aromatic heterocycles. The molecule has 0 aliphatic carbocycles. The van der Waals surface area contributed by atoms with E-state index in [-0.39, 0.29) is 5.56 Å². The number of carboxylic acid groups (broad SMARTS) is 1. The zero-order chi connectivity index (χ0) is 10.9. The van der Waals surface area contributed by atoms with E-state index in [0.29, 0.717) is 11.3 Å². The number of methoxy groups -OCH3 is 1. The van der Waals surface area contributed by atoms with E-state index in [4.69, 9.17) is 9.84 Å². The van der Waals surface area contributed by atoms with E-state index < -0.39 is 5.97 Å². The molecule has 0 atom stereocenters. The highest BCUT2D eigenvalue weighted by atomic mass is 79.9. The van der Waals surface area contributed by atoms with Crippen LogP contribution in [-0.4, -0.2) is 18.2 Å². The van der Waals surface area contributed by atoms with Gasteiger partial charge in [-0.1, -0.05) is 15.9 Å². The van der Waals surface area contributed by atoms with Crippen LogP contribution in [0.4, 0.5) is 0 Å². The summed E-state index contributed by atoms with van der Waals surface area (Å²) < 4.78 is 5.86.